The minimum absolute atomic E-state index is 0.234. The van der Waals surface area contributed by atoms with Crippen LogP contribution in [0, 0.1) is 5.92 Å². The monoisotopic (exact) mass is 343 g/mol. The van der Waals surface area contributed by atoms with Crippen LogP contribution in [0.3, 0.4) is 0 Å². The van der Waals surface area contributed by atoms with E-state index in [0.29, 0.717) is 44.6 Å². The maximum atomic E-state index is 12.8. The first kappa shape index (κ1) is 18.2. The zero-order valence-corrected chi connectivity index (χ0v) is 14.5. The summed E-state index contributed by atoms with van der Waals surface area (Å²) < 4.78 is 42.7. The molecule has 23 heavy (non-hydrogen) atoms. The second-order valence-electron chi connectivity index (χ2n) is 5.57. The largest absolute Gasteiger partial charge is 0.495 e. The molecule has 1 heterocycles. The summed E-state index contributed by atoms with van der Waals surface area (Å²) in [7, 11) is -0.382. The topological polar surface area (TPSA) is 65.1 Å². The van der Waals surface area contributed by atoms with Gasteiger partial charge in [0.2, 0.25) is 10.0 Å². The fraction of sp³-hybridized carbons (Fsp3) is 0.625. The number of para-hydroxylation sites is 1. The average Bonchev–Trinajstić information content (AvgIpc) is 2.59. The Morgan fingerprint density at radius 3 is 2.48 bits per heavy atom. The van der Waals surface area contributed by atoms with Crippen molar-refractivity contribution in [1.29, 1.82) is 0 Å². The van der Waals surface area contributed by atoms with Gasteiger partial charge in [0.1, 0.15) is 10.6 Å². The van der Waals surface area contributed by atoms with Crippen LogP contribution in [0.25, 0.3) is 0 Å². The van der Waals surface area contributed by atoms with Crippen LogP contribution in [0.15, 0.2) is 29.2 Å². The van der Waals surface area contributed by atoms with Crippen molar-refractivity contribution >= 4 is 10.0 Å². The summed E-state index contributed by atoms with van der Waals surface area (Å²) in [5.74, 6) is 0.786. The number of piperidine rings is 1. The van der Waals surface area contributed by atoms with Crippen molar-refractivity contribution in [2.24, 2.45) is 5.92 Å². The summed E-state index contributed by atoms with van der Waals surface area (Å²) in [6.07, 6.45) is 1.61. The molecule has 0 saturated carbocycles. The van der Waals surface area contributed by atoms with Crippen LogP contribution in [0.1, 0.15) is 12.8 Å². The smallest absolute Gasteiger partial charge is 0.246 e. The molecule has 0 aliphatic carbocycles. The third kappa shape index (κ3) is 4.67. The molecule has 7 heteroatoms. The number of rotatable bonds is 8. The van der Waals surface area contributed by atoms with Gasteiger partial charge in [-0.3, -0.25) is 0 Å². The number of hydrogen-bond acceptors (Lipinski definition) is 5. The van der Waals surface area contributed by atoms with Crippen molar-refractivity contribution in [1.82, 2.24) is 4.31 Å². The average molecular weight is 343 g/mol. The lowest BCUT2D eigenvalue weighted by Crippen LogP contribution is -2.39. The summed E-state index contributed by atoms with van der Waals surface area (Å²) in [5.41, 5.74) is 0. The highest BCUT2D eigenvalue weighted by atomic mass is 32.2. The third-order valence-electron chi connectivity index (χ3n) is 4.05. The highest BCUT2D eigenvalue weighted by molar-refractivity contribution is 7.89. The number of sulfonamides is 1. The number of methoxy groups -OCH3 is 2. The van der Waals surface area contributed by atoms with Crippen molar-refractivity contribution in [2.75, 3.05) is 47.1 Å². The van der Waals surface area contributed by atoms with Crippen LogP contribution in [0.5, 0.6) is 5.75 Å². The van der Waals surface area contributed by atoms with Crippen LogP contribution in [0.2, 0.25) is 0 Å². The number of benzene rings is 1. The first-order chi connectivity index (χ1) is 11.1. The zero-order chi connectivity index (χ0) is 16.7. The second-order valence-corrected chi connectivity index (χ2v) is 7.47. The standard InChI is InChI=1S/C16H25NO5S/c1-20-11-12-22-13-14-7-9-17(10-8-14)23(18,19)16-6-4-3-5-15(16)21-2/h3-6,14H,7-13H2,1-2H3. The molecule has 1 saturated heterocycles. The van der Waals surface area contributed by atoms with Gasteiger partial charge in [-0.25, -0.2) is 8.42 Å². The summed E-state index contributed by atoms with van der Waals surface area (Å²) in [5, 5.41) is 0. The van der Waals surface area contributed by atoms with Gasteiger partial charge in [0.05, 0.1) is 20.3 Å². The van der Waals surface area contributed by atoms with Gasteiger partial charge in [-0.05, 0) is 30.9 Å². The molecule has 1 aromatic rings. The number of nitrogens with zero attached hydrogens (tertiary/aromatic N) is 1. The van der Waals surface area contributed by atoms with Crippen LogP contribution >= 0.6 is 0 Å². The first-order valence-corrected chi connectivity index (χ1v) is 9.23. The molecule has 0 amide bonds. The Balaban J connectivity index is 1.93. The van der Waals surface area contributed by atoms with E-state index in [-0.39, 0.29) is 4.90 Å². The molecule has 1 fully saturated rings. The molecule has 0 bridgehead atoms. The molecule has 1 aromatic carbocycles. The van der Waals surface area contributed by atoms with E-state index in [1.165, 1.54) is 11.4 Å². The maximum absolute atomic E-state index is 12.8. The Labute approximate surface area is 138 Å². The lowest BCUT2D eigenvalue weighted by molar-refractivity contribution is 0.0410. The van der Waals surface area contributed by atoms with E-state index >= 15 is 0 Å². The quantitative estimate of drug-likeness (QED) is 0.673. The molecule has 0 aromatic heterocycles. The molecule has 1 aliphatic rings. The molecular weight excluding hydrogens is 318 g/mol. The van der Waals surface area contributed by atoms with Gasteiger partial charge in [0.15, 0.2) is 0 Å². The van der Waals surface area contributed by atoms with Gasteiger partial charge in [-0.15, -0.1) is 0 Å². The molecule has 0 atom stereocenters. The highest BCUT2D eigenvalue weighted by Gasteiger charge is 2.31. The molecule has 0 spiro atoms. The summed E-state index contributed by atoms with van der Waals surface area (Å²) >= 11 is 0. The highest BCUT2D eigenvalue weighted by Crippen LogP contribution is 2.29. The van der Waals surface area contributed by atoms with E-state index in [4.69, 9.17) is 14.2 Å². The Kier molecular flexibility index (Phi) is 6.83. The van der Waals surface area contributed by atoms with Gasteiger partial charge in [0.25, 0.3) is 0 Å². The molecule has 0 N–H and O–H groups in total. The van der Waals surface area contributed by atoms with Crippen LogP contribution in [-0.4, -0.2) is 59.9 Å². The van der Waals surface area contributed by atoms with Gasteiger partial charge in [0, 0.05) is 26.8 Å². The van der Waals surface area contributed by atoms with Crippen molar-refractivity contribution < 1.29 is 22.6 Å². The fourth-order valence-corrected chi connectivity index (χ4v) is 4.31. The van der Waals surface area contributed by atoms with E-state index in [0.717, 1.165) is 12.8 Å². The Morgan fingerprint density at radius 2 is 1.83 bits per heavy atom. The lowest BCUT2D eigenvalue weighted by Gasteiger charge is -2.31. The van der Waals surface area contributed by atoms with Crippen molar-refractivity contribution in [3.63, 3.8) is 0 Å². The van der Waals surface area contributed by atoms with Crippen LogP contribution in [0.4, 0.5) is 0 Å². The van der Waals surface area contributed by atoms with Crippen molar-refractivity contribution in [3.05, 3.63) is 24.3 Å². The molecule has 6 nitrogen and oxygen atoms in total. The number of ether oxygens (including phenoxy) is 3. The van der Waals surface area contributed by atoms with Gasteiger partial charge in [-0.2, -0.15) is 4.31 Å². The SMILES string of the molecule is COCCOCC1CCN(S(=O)(=O)c2ccccc2OC)CC1. The number of hydrogen-bond donors (Lipinski definition) is 0. The lowest BCUT2D eigenvalue weighted by atomic mass is 9.99. The van der Waals surface area contributed by atoms with Crippen molar-refractivity contribution in [3.8, 4) is 5.75 Å². The first-order valence-electron chi connectivity index (χ1n) is 7.79. The summed E-state index contributed by atoms with van der Waals surface area (Å²) in [4.78, 5) is 0.234. The normalized spacial score (nSPS) is 17.3. The summed E-state index contributed by atoms with van der Waals surface area (Å²) in [6.45, 7) is 2.85. The molecule has 130 valence electrons. The van der Waals surface area contributed by atoms with Gasteiger partial charge >= 0.3 is 0 Å². The molecule has 0 unspecified atom stereocenters. The van der Waals surface area contributed by atoms with E-state index in [1.807, 2.05) is 0 Å². The second kappa shape index (κ2) is 8.63. The minimum Gasteiger partial charge on any atom is -0.495 e. The van der Waals surface area contributed by atoms with Crippen molar-refractivity contribution in [2.45, 2.75) is 17.7 Å². The predicted octanol–water partition coefficient (Wildman–Crippen LogP) is 1.76. The molecule has 1 aliphatic heterocycles. The molecule has 0 radical (unpaired) electrons. The third-order valence-corrected chi connectivity index (χ3v) is 5.98. The van der Waals surface area contributed by atoms with Gasteiger partial charge < -0.3 is 14.2 Å². The Hall–Kier alpha value is -1.15. The minimum atomic E-state index is -3.51. The summed E-state index contributed by atoms with van der Waals surface area (Å²) in [6, 6.07) is 6.74. The Bertz CT molecular complexity index is 582. The Morgan fingerprint density at radius 1 is 1.13 bits per heavy atom. The fourth-order valence-electron chi connectivity index (χ4n) is 2.68. The molecule has 2 rings (SSSR count). The zero-order valence-electron chi connectivity index (χ0n) is 13.7. The van der Waals surface area contributed by atoms with E-state index in [2.05, 4.69) is 0 Å². The van der Waals surface area contributed by atoms with E-state index in [1.54, 1.807) is 31.4 Å². The van der Waals surface area contributed by atoms with E-state index in [9.17, 15) is 8.42 Å². The predicted molar refractivity (Wildman–Crippen MR) is 87.2 cm³/mol. The molecular formula is C16H25NO5S. The van der Waals surface area contributed by atoms with Crippen LogP contribution in [-0.2, 0) is 19.5 Å². The van der Waals surface area contributed by atoms with E-state index < -0.39 is 10.0 Å². The van der Waals surface area contributed by atoms with Crippen LogP contribution < -0.4 is 4.74 Å². The van der Waals surface area contributed by atoms with Gasteiger partial charge in [-0.1, -0.05) is 12.1 Å². The maximum Gasteiger partial charge on any atom is 0.246 e.